The maximum atomic E-state index is 13.7. The van der Waals surface area contributed by atoms with Crippen LogP contribution in [0.25, 0.3) is 0 Å². The average molecular weight is 532 g/mol. The number of fused-ring (bicyclic) bond motifs is 3. The van der Waals surface area contributed by atoms with E-state index >= 15 is 0 Å². The van der Waals surface area contributed by atoms with E-state index in [0.717, 1.165) is 0 Å². The minimum absolute atomic E-state index is 0.0248. The first-order valence-electron chi connectivity index (χ1n) is 12.2. The second kappa shape index (κ2) is 10.1. The lowest BCUT2D eigenvalue weighted by atomic mass is 9.58. The molecule has 0 aromatic heterocycles. The van der Waals surface area contributed by atoms with Crippen LogP contribution in [0.4, 0.5) is 0 Å². The first-order valence-corrected chi connectivity index (χ1v) is 12.2. The van der Waals surface area contributed by atoms with Gasteiger partial charge in [0.05, 0.1) is 24.3 Å². The van der Waals surface area contributed by atoms with Crippen LogP contribution in [0.5, 0.6) is 5.75 Å². The fourth-order valence-electron chi connectivity index (χ4n) is 6.11. The number of likely N-dealkylation sites (N-methyl/N-ethyl adjacent to an activating group) is 1. The molecular formula is C26H33N3O9. The molecule has 38 heavy (non-hydrogen) atoms. The highest BCUT2D eigenvalue weighted by Crippen LogP contribution is 2.52. The summed E-state index contributed by atoms with van der Waals surface area (Å²) in [4.78, 5) is 40.5. The Kier molecular flexibility index (Phi) is 7.38. The van der Waals surface area contributed by atoms with Gasteiger partial charge in [-0.3, -0.25) is 19.3 Å². The van der Waals surface area contributed by atoms with Gasteiger partial charge in [0.2, 0.25) is 5.78 Å². The fourth-order valence-corrected chi connectivity index (χ4v) is 6.11. The molecule has 1 unspecified atom stereocenters. The zero-order valence-electron chi connectivity index (χ0n) is 21.4. The molecule has 1 amide bonds. The van der Waals surface area contributed by atoms with E-state index in [0.29, 0.717) is 24.3 Å². The number of hydrogen-bond acceptors (Lipinski definition) is 11. The van der Waals surface area contributed by atoms with Crippen LogP contribution in [0, 0.1) is 11.8 Å². The maximum Gasteiger partial charge on any atom is 0.255 e. The van der Waals surface area contributed by atoms with Crippen molar-refractivity contribution < 1.29 is 44.7 Å². The normalized spacial score (nSPS) is 27.8. The van der Waals surface area contributed by atoms with E-state index in [1.54, 1.807) is 21.2 Å². The van der Waals surface area contributed by atoms with Gasteiger partial charge >= 0.3 is 0 Å². The van der Waals surface area contributed by atoms with Crippen LogP contribution >= 0.6 is 0 Å². The summed E-state index contributed by atoms with van der Waals surface area (Å²) in [5.41, 5.74) is 2.21. The molecule has 206 valence electrons. The highest BCUT2D eigenvalue weighted by Gasteiger charge is 2.63. The lowest BCUT2D eigenvalue weighted by molar-refractivity contribution is -0.148. The standard InChI is InChI=1S/C26H33N3O9/c1-29(2)20-14-9-11-8-13-12(16(31)10-28-6-7-38-3)4-5-15(30)18(13)21(32)17(11)23(34)26(14,37)24(35)19(22(20)33)25(27)36/h4-5,11,14,16,20,28,30-31,33-34,37H,6-10H2,1-3H3,(H2,27,36)/t11-,14-,16?,20-,26-/m0/s1. The van der Waals surface area contributed by atoms with Crippen LogP contribution in [0.2, 0.25) is 0 Å². The number of carbonyl (C=O) groups is 3. The van der Waals surface area contributed by atoms with Crippen molar-refractivity contribution in [2.45, 2.75) is 30.6 Å². The number of nitrogens with one attached hydrogen (secondary N) is 1. The minimum Gasteiger partial charge on any atom is -0.510 e. The topological polar surface area (TPSA) is 203 Å². The molecule has 4 rings (SSSR count). The van der Waals surface area contributed by atoms with Crippen molar-refractivity contribution in [1.29, 1.82) is 0 Å². The summed E-state index contributed by atoms with van der Waals surface area (Å²) >= 11 is 0. The van der Waals surface area contributed by atoms with Gasteiger partial charge in [-0.2, -0.15) is 0 Å². The zero-order chi connectivity index (χ0) is 28.1. The van der Waals surface area contributed by atoms with Gasteiger partial charge in [0.15, 0.2) is 11.4 Å². The molecule has 3 aliphatic carbocycles. The number of aromatic hydroxyl groups is 1. The van der Waals surface area contributed by atoms with Crippen molar-refractivity contribution in [1.82, 2.24) is 10.2 Å². The van der Waals surface area contributed by atoms with Gasteiger partial charge in [-0.1, -0.05) is 6.07 Å². The number of aliphatic hydroxyl groups excluding tert-OH is 3. The fraction of sp³-hybridized carbons (Fsp3) is 0.500. The SMILES string of the molecule is COCCNCC(O)c1ccc(O)c2c1C[C@H]1C[C@H]3[C@H](N(C)C)C(O)=C(C(N)=O)C(=O)[C@@]3(O)C(O)=C1C2=O. The van der Waals surface area contributed by atoms with E-state index < -0.39 is 64.1 Å². The Balaban J connectivity index is 1.83. The van der Waals surface area contributed by atoms with E-state index in [1.165, 1.54) is 17.0 Å². The van der Waals surface area contributed by atoms with Crippen LogP contribution in [-0.4, -0.2) is 100 Å². The molecule has 8 N–H and O–H groups in total. The molecule has 3 aliphatic rings. The van der Waals surface area contributed by atoms with Crippen LogP contribution in [-0.2, 0) is 20.7 Å². The number of methoxy groups -OCH3 is 1. The van der Waals surface area contributed by atoms with Gasteiger partial charge in [0.1, 0.15) is 22.8 Å². The number of hydrogen-bond donors (Lipinski definition) is 7. The number of nitrogens with two attached hydrogens (primary N) is 1. The van der Waals surface area contributed by atoms with Crippen LogP contribution in [0.15, 0.2) is 34.8 Å². The third-order valence-corrected chi connectivity index (χ3v) is 7.82. The van der Waals surface area contributed by atoms with Crippen LogP contribution in [0.1, 0.15) is 34.0 Å². The van der Waals surface area contributed by atoms with E-state index in [4.69, 9.17) is 10.5 Å². The summed E-state index contributed by atoms with van der Waals surface area (Å²) in [5.74, 6) is -7.12. The summed E-state index contributed by atoms with van der Waals surface area (Å²) in [7, 11) is 4.68. The van der Waals surface area contributed by atoms with Gasteiger partial charge in [-0.15, -0.1) is 0 Å². The van der Waals surface area contributed by atoms with Crippen molar-refractivity contribution in [3.05, 3.63) is 51.5 Å². The van der Waals surface area contributed by atoms with Crippen molar-refractivity contribution in [3.8, 4) is 5.75 Å². The monoisotopic (exact) mass is 531 g/mol. The predicted molar refractivity (Wildman–Crippen MR) is 133 cm³/mol. The van der Waals surface area contributed by atoms with Crippen molar-refractivity contribution in [3.63, 3.8) is 0 Å². The van der Waals surface area contributed by atoms with Gasteiger partial charge < -0.3 is 41.3 Å². The molecule has 0 saturated carbocycles. The number of amides is 1. The molecule has 0 aliphatic heterocycles. The quantitative estimate of drug-likeness (QED) is 0.167. The molecule has 0 heterocycles. The molecular weight excluding hydrogens is 498 g/mol. The predicted octanol–water partition coefficient (Wildman–Crippen LogP) is -0.610. The van der Waals surface area contributed by atoms with Gasteiger partial charge in [-0.05, 0) is 50.0 Å². The molecule has 12 nitrogen and oxygen atoms in total. The molecule has 1 aromatic carbocycles. The molecule has 0 bridgehead atoms. The molecule has 0 fully saturated rings. The van der Waals surface area contributed by atoms with Gasteiger partial charge in [-0.25, -0.2) is 0 Å². The number of phenolic OH excluding ortho intramolecular Hbond substituents is 1. The smallest absolute Gasteiger partial charge is 0.255 e. The summed E-state index contributed by atoms with van der Waals surface area (Å²) in [6.45, 7) is 1.07. The minimum atomic E-state index is -2.69. The number of nitrogens with zero attached hydrogens (tertiary/aromatic N) is 1. The number of Topliss-reactive ketones (excluding diaryl/α,β-unsaturated/α-hetero) is 2. The Labute approximate surface area is 219 Å². The molecule has 0 saturated heterocycles. The molecule has 0 radical (unpaired) electrons. The number of rotatable bonds is 8. The van der Waals surface area contributed by atoms with Gasteiger partial charge in [0, 0.05) is 31.7 Å². The summed E-state index contributed by atoms with van der Waals surface area (Å²) < 4.78 is 4.99. The summed E-state index contributed by atoms with van der Waals surface area (Å²) in [6.07, 6.45) is -0.944. The Morgan fingerprint density at radius 2 is 1.95 bits per heavy atom. The number of allylic oxidation sites excluding steroid dienone is 1. The third kappa shape index (κ3) is 4.09. The highest BCUT2D eigenvalue weighted by molar-refractivity contribution is 6.24. The molecule has 1 aromatic rings. The van der Waals surface area contributed by atoms with E-state index in [2.05, 4.69) is 5.32 Å². The zero-order valence-corrected chi connectivity index (χ0v) is 21.4. The lowest BCUT2D eigenvalue weighted by Crippen LogP contribution is -2.63. The number of ether oxygens (including phenoxy) is 1. The number of carbonyl (C=O) groups excluding carboxylic acids is 3. The van der Waals surface area contributed by atoms with E-state index in [-0.39, 0.29) is 36.3 Å². The van der Waals surface area contributed by atoms with Crippen molar-refractivity contribution in [2.24, 2.45) is 17.6 Å². The Hall–Kier alpha value is -3.29. The number of primary amides is 1. The lowest BCUT2D eigenvalue weighted by Gasteiger charge is -2.50. The first-order chi connectivity index (χ1) is 17.9. The second-order valence-electron chi connectivity index (χ2n) is 10.2. The highest BCUT2D eigenvalue weighted by atomic mass is 16.5. The van der Waals surface area contributed by atoms with Crippen LogP contribution in [0.3, 0.4) is 0 Å². The summed E-state index contributed by atoms with van der Waals surface area (Å²) in [5, 5.41) is 58.3. The number of phenols is 1. The molecule has 5 atom stereocenters. The van der Waals surface area contributed by atoms with Gasteiger partial charge in [0.25, 0.3) is 5.91 Å². The number of ketones is 2. The van der Waals surface area contributed by atoms with E-state index in [9.17, 15) is 39.9 Å². The number of aliphatic hydroxyl groups is 4. The molecule has 0 spiro atoms. The second-order valence-corrected chi connectivity index (χ2v) is 10.2. The van der Waals surface area contributed by atoms with Crippen molar-refractivity contribution in [2.75, 3.05) is 40.9 Å². The Bertz CT molecular complexity index is 1250. The number of benzene rings is 1. The van der Waals surface area contributed by atoms with E-state index in [1.807, 2.05) is 0 Å². The first kappa shape index (κ1) is 27.7. The third-order valence-electron chi connectivity index (χ3n) is 7.82. The van der Waals surface area contributed by atoms with Crippen molar-refractivity contribution >= 4 is 17.5 Å². The largest absolute Gasteiger partial charge is 0.510 e. The molecule has 12 heteroatoms. The Morgan fingerprint density at radius 3 is 2.55 bits per heavy atom. The average Bonchev–Trinajstić information content (AvgIpc) is 2.83. The Morgan fingerprint density at radius 1 is 1.26 bits per heavy atom. The summed E-state index contributed by atoms with van der Waals surface area (Å²) in [6, 6.07) is 1.72. The van der Waals surface area contributed by atoms with Crippen LogP contribution < -0.4 is 11.1 Å². The maximum absolute atomic E-state index is 13.7.